The number of fused-ring (bicyclic) bond motifs is 1. The molecular formula is C15H14BrNO. The first kappa shape index (κ1) is 11.8. The van der Waals surface area contributed by atoms with Gasteiger partial charge in [0.05, 0.1) is 0 Å². The summed E-state index contributed by atoms with van der Waals surface area (Å²) in [4.78, 5) is 0. The highest BCUT2D eigenvalue weighted by Crippen LogP contribution is 2.40. The minimum Gasteiger partial charge on any atom is -0.485 e. The van der Waals surface area contributed by atoms with Crippen molar-refractivity contribution in [3.8, 4) is 5.75 Å². The molecule has 0 bridgehead atoms. The van der Waals surface area contributed by atoms with Gasteiger partial charge in [-0.1, -0.05) is 46.3 Å². The topological polar surface area (TPSA) is 35.2 Å². The number of rotatable bonds is 1. The number of benzene rings is 2. The Morgan fingerprint density at radius 1 is 1.11 bits per heavy atom. The predicted octanol–water partition coefficient (Wildman–Crippen LogP) is 3.97. The minimum absolute atomic E-state index is 0.0245. The zero-order valence-electron chi connectivity index (χ0n) is 9.84. The Morgan fingerprint density at radius 3 is 2.67 bits per heavy atom. The molecule has 0 aromatic heterocycles. The van der Waals surface area contributed by atoms with E-state index in [2.05, 4.69) is 28.1 Å². The average molecular weight is 304 g/mol. The van der Waals surface area contributed by atoms with Gasteiger partial charge in [-0.25, -0.2) is 0 Å². The van der Waals surface area contributed by atoms with Crippen LogP contribution in [0.5, 0.6) is 5.75 Å². The SMILES string of the molecule is NC1CC(c2ccccc2)Oc2ccc(Br)cc21. The second-order valence-electron chi connectivity index (χ2n) is 4.54. The van der Waals surface area contributed by atoms with Gasteiger partial charge in [0.15, 0.2) is 0 Å². The Labute approximate surface area is 115 Å². The fourth-order valence-corrected chi connectivity index (χ4v) is 2.73. The van der Waals surface area contributed by atoms with E-state index in [1.165, 1.54) is 5.56 Å². The molecule has 0 amide bonds. The zero-order valence-corrected chi connectivity index (χ0v) is 11.4. The third kappa shape index (κ3) is 2.16. The van der Waals surface area contributed by atoms with Gasteiger partial charge in [-0.15, -0.1) is 0 Å². The summed E-state index contributed by atoms with van der Waals surface area (Å²) in [5.74, 6) is 0.894. The Bertz CT molecular complexity index is 556. The standard InChI is InChI=1S/C15H14BrNO/c16-11-6-7-14-12(8-11)13(17)9-15(18-14)10-4-2-1-3-5-10/h1-8,13,15H,9,17H2. The summed E-state index contributed by atoms with van der Waals surface area (Å²) in [6.45, 7) is 0. The van der Waals surface area contributed by atoms with E-state index in [1.54, 1.807) is 0 Å². The van der Waals surface area contributed by atoms with Crippen LogP contribution in [0.2, 0.25) is 0 Å². The van der Waals surface area contributed by atoms with E-state index in [1.807, 2.05) is 36.4 Å². The quantitative estimate of drug-likeness (QED) is 0.865. The molecule has 2 N–H and O–H groups in total. The maximum atomic E-state index is 6.24. The van der Waals surface area contributed by atoms with Gasteiger partial charge in [-0.3, -0.25) is 0 Å². The van der Waals surface area contributed by atoms with Crippen molar-refractivity contribution in [2.75, 3.05) is 0 Å². The molecule has 2 atom stereocenters. The summed E-state index contributed by atoms with van der Waals surface area (Å²) < 4.78 is 7.08. The fraction of sp³-hybridized carbons (Fsp3) is 0.200. The van der Waals surface area contributed by atoms with Crippen molar-refractivity contribution in [2.24, 2.45) is 5.73 Å². The molecule has 2 aromatic rings. The number of nitrogens with two attached hydrogens (primary N) is 1. The van der Waals surface area contributed by atoms with Crippen LogP contribution in [-0.2, 0) is 0 Å². The van der Waals surface area contributed by atoms with E-state index in [-0.39, 0.29) is 12.1 Å². The van der Waals surface area contributed by atoms with Crippen LogP contribution in [0, 0.1) is 0 Å². The van der Waals surface area contributed by atoms with Crippen LogP contribution in [0.3, 0.4) is 0 Å². The summed E-state index contributed by atoms with van der Waals surface area (Å²) in [5, 5.41) is 0. The summed E-state index contributed by atoms with van der Waals surface area (Å²) in [7, 11) is 0. The van der Waals surface area contributed by atoms with Crippen LogP contribution in [0.4, 0.5) is 0 Å². The molecule has 0 aliphatic carbocycles. The molecule has 1 heterocycles. The molecule has 2 aromatic carbocycles. The first-order valence-electron chi connectivity index (χ1n) is 6.00. The highest BCUT2D eigenvalue weighted by Gasteiger charge is 2.26. The fourth-order valence-electron chi connectivity index (χ4n) is 2.35. The minimum atomic E-state index is 0.0245. The molecule has 1 aliphatic heterocycles. The molecule has 0 saturated heterocycles. The Hall–Kier alpha value is -1.32. The molecule has 1 aliphatic rings. The van der Waals surface area contributed by atoms with Crippen molar-refractivity contribution in [2.45, 2.75) is 18.6 Å². The van der Waals surface area contributed by atoms with Crippen LogP contribution in [-0.4, -0.2) is 0 Å². The van der Waals surface area contributed by atoms with Crippen LogP contribution in [0.15, 0.2) is 53.0 Å². The van der Waals surface area contributed by atoms with Crippen LogP contribution < -0.4 is 10.5 Å². The number of halogens is 1. The summed E-state index contributed by atoms with van der Waals surface area (Å²) >= 11 is 3.47. The highest BCUT2D eigenvalue weighted by atomic mass is 79.9. The van der Waals surface area contributed by atoms with E-state index in [0.29, 0.717) is 0 Å². The lowest BCUT2D eigenvalue weighted by Gasteiger charge is -2.30. The molecular weight excluding hydrogens is 290 g/mol. The molecule has 2 unspecified atom stereocenters. The molecule has 0 fully saturated rings. The van der Waals surface area contributed by atoms with E-state index in [9.17, 15) is 0 Å². The van der Waals surface area contributed by atoms with Crippen molar-refractivity contribution >= 4 is 15.9 Å². The van der Waals surface area contributed by atoms with Crippen LogP contribution in [0.1, 0.15) is 29.7 Å². The Morgan fingerprint density at radius 2 is 1.89 bits per heavy atom. The summed E-state index contributed by atoms with van der Waals surface area (Å²) in [5.41, 5.74) is 8.50. The van der Waals surface area contributed by atoms with E-state index in [4.69, 9.17) is 10.5 Å². The van der Waals surface area contributed by atoms with E-state index in [0.717, 1.165) is 22.2 Å². The van der Waals surface area contributed by atoms with Gasteiger partial charge in [-0.05, 0) is 23.8 Å². The summed E-state index contributed by atoms with van der Waals surface area (Å²) in [6, 6.07) is 16.3. The Kier molecular flexibility index (Phi) is 3.10. The lowest BCUT2D eigenvalue weighted by molar-refractivity contribution is 0.161. The largest absolute Gasteiger partial charge is 0.485 e. The first-order chi connectivity index (χ1) is 8.74. The Balaban J connectivity index is 1.95. The lowest BCUT2D eigenvalue weighted by Crippen LogP contribution is -2.24. The van der Waals surface area contributed by atoms with Crippen molar-refractivity contribution in [3.63, 3.8) is 0 Å². The second-order valence-corrected chi connectivity index (χ2v) is 5.46. The zero-order chi connectivity index (χ0) is 12.5. The molecule has 0 radical (unpaired) electrons. The van der Waals surface area contributed by atoms with Gasteiger partial charge >= 0.3 is 0 Å². The maximum Gasteiger partial charge on any atom is 0.126 e. The monoisotopic (exact) mass is 303 g/mol. The third-order valence-electron chi connectivity index (χ3n) is 3.28. The van der Waals surface area contributed by atoms with Crippen molar-refractivity contribution in [1.29, 1.82) is 0 Å². The molecule has 0 spiro atoms. The number of ether oxygens (including phenoxy) is 1. The van der Waals surface area contributed by atoms with Crippen LogP contribution >= 0.6 is 15.9 Å². The van der Waals surface area contributed by atoms with Gasteiger partial charge < -0.3 is 10.5 Å². The van der Waals surface area contributed by atoms with Gasteiger partial charge in [0, 0.05) is 22.5 Å². The number of hydrogen-bond acceptors (Lipinski definition) is 2. The maximum absolute atomic E-state index is 6.24. The lowest BCUT2D eigenvalue weighted by atomic mass is 9.94. The smallest absolute Gasteiger partial charge is 0.126 e. The molecule has 0 saturated carbocycles. The van der Waals surface area contributed by atoms with Crippen LogP contribution in [0.25, 0.3) is 0 Å². The van der Waals surface area contributed by atoms with Crippen molar-refractivity contribution < 1.29 is 4.74 Å². The van der Waals surface area contributed by atoms with E-state index >= 15 is 0 Å². The van der Waals surface area contributed by atoms with E-state index < -0.39 is 0 Å². The summed E-state index contributed by atoms with van der Waals surface area (Å²) in [6.07, 6.45) is 0.864. The highest BCUT2D eigenvalue weighted by molar-refractivity contribution is 9.10. The average Bonchev–Trinajstić information content (AvgIpc) is 2.40. The molecule has 3 heteroatoms. The second kappa shape index (κ2) is 4.75. The van der Waals surface area contributed by atoms with Gasteiger partial charge in [0.1, 0.15) is 11.9 Å². The third-order valence-corrected chi connectivity index (χ3v) is 3.77. The molecule has 2 nitrogen and oxygen atoms in total. The molecule has 92 valence electrons. The van der Waals surface area contributed by atoms with Crippen molar-refractivity contribution in [1.82, 2.24) is 0 Å². The van der Waals surface area contributed by atoms with Gasteiger partial charge in [-0.2, -0.15) is 0 Å². The van der Waals surface area contributed by atoms with Gasteiger partial charge in [0.2, 0.25) is 0 Å². The van der Waals surface area contributed by atoms with Crippen molar-refractivity contribution in [3.05, 3.63) is 64.1 Å². The predicted molar refractivity (Wildman–Crippen MR) is 75.5 cm³/mol. The molecule has 3 rings (SSSR count). The molecule has 18 heavy (non-hydrogen) atoms. The first-order valence-corrected chi connectivity index (χ1v) is 6.80. The normalized spacial score (nSPS) is 22.1. The number of hydrogen-bond donors (Lipinski definition) is 1. The van der Waals surface area contributed by atoms with Gasteiger partial charge in [0.25, 0.3) is 0 Å².